The van der Waals surface area contributed by atoms with Crippen LogP contribution in [0.15, 0.2) is 67.3 Å². The van der Waals surface area contributed by atoms with E-state index in [0.29, 0.717) is 43.1 Å². The molecule has 1 fully saturated rings. The number of carbonyl (C=O) groups is 2. The molecule has 8 nitrogen and oxygen atoms in total. The zero-order valence-corrected chi connectivity index (χ0v) is 29.4. The van der Waals surface area contributed by atoms with Gasteiger partial charge in [0.2, 0.25) is 5.91 Å². The maximum absolute atomic E-state index is 14.7. The molecule has 0 saturated carbocycles. The maximum atomic E-state index is 14.7. The SMILES string of the molecule is C=CC(=O)N1CC(C)(C)Oc2cc(N3CCC4(CC3)C[C@@H](CC(=O)N[C@H](Cc3ccc(F)c(F)c3)CS(C)(=N)=O)c3ccc(F)cc34)ccc21. The molecule has 1 aliphatic carbocycles. The van der Waals surface area contributed by atoms with Crippen molar-refractivity contribution in [3.8, 4) is 5.75 Å². The second-order valence-corrected chi connectivity index (χ2v) is 17.0. The van der Waals surface area contributed by atoms with Crippen molar-refractivity contribution < 1.29 is 31.7 Å². The zero-order valence-electron chi connectivity index (χ0n) is 28.6. The summed E-state index contributed by atoms with van der Waals surface area (Å²) in [6.07, 6.45) is 4.92. The fourth-order valence-corrected chi connectivity index (χ4v) is 8.96. The van der Waals surface area contributed by atoms with Crippen LogP contribution in [0.25, 0.3) is 0 Å². The molecule has 3 aliphatic rings. The Morgan fingerprint density at radius 2 is 1.82 bits per heavy atom. The van der Waals surface area contributed by atoms with Crippen LogP contribution in [0.5, 0.6) is 5.75 Å². The number of halogens is 3. The third-order valence-corrected chi connectivity index (χ3v) is 11.2. The number of rotatable bonds is 9. The zero-order chi connectivity index (χ0) is 36.0. The van der Waals surface area contributed by atoms with E-state index in [2.05, 4.69) is 16.8 Å². The van der Waals surface area contributed by atoms with Crippen LogP contribution in [0.1, 0.15) is 62.1 Å². The van der Waals surface area contributed by atoms with Gasteiger partial charge in [-0.15, -0.1) is 0 Å². The Bertz CT molecular complexity index is 1940. The Morgan fingerprint density at radius 3 is 2.50 bits per heavy atom. The smallest absolute Gasteiger partial charge is 0.250 e. The third-order valence-electron chi connectivity index (χ3n) is 10.1. The topological polar surface area (TPSA) is 103 Å². The summed E-state index contributed by atoms with van der Waals surface area (Å²) in [4.78, 5) is 30.1. The molecule has 3 aromatic rings. The van der Waals surface area contributed by atoms with E-state index >= 15 is 0 Å². The first-order chi connectivity index (χ1) is 23.5. The minimum absolute atomic E-state index is 0.0900. The lowest BCUT2D eigenvalue weighted by molar-refractivity contribution is -0.122. The van der Waals surface area contributed by atoms with E-state index < -0.39 is 33.0 Å². The highest BCUT2D eigenvalue weighted by atomic mass is 32.2. The summed E-state index contributed by atoms with van der Waals surface area (Å²) >= 11 is 0. The van der Waals surface area contributed by atoms with E-state index in [1.54, 1.807) is 17.0 Å². The summed E-state index contributed by atoms with van der Waals surface area (Å²) in [7, 11) is -3.02. The van der Waals surface area contributed by atoms with Crippen LogP contribution in [0.4, 0.5) is 24.5 Å². The van der Waals surface area contributed by atoms with Crippen LogP contribution >= 0.6 is 0 Å². The summed E-state index contributed by atoms with van der Waals surface area (Å²) in [6, 6.07) is 13.4. The van der Waals surface area contributed by atoms with Gasteiger partial charge in [-0.3, -0.25) is 18.6 Å². The van der Waals surface area contributed by atoms with Crippen LogP contribution in [-0.2, 0) is 31.2 Å². The highest BCUT2D eigenvalue weighted by Crippen LogP contribution is 2.53. The number of anilines is 2. The molecule has 0 aromatic heterocycles. The van der Waals surface area contributed by atoms with Gasteiger partial charge in [0.15, 0.2) is 11.6 Å². The lowest BCUT2D eigenvalue weighted by Gasteiger charge is -2.43. The monoisotopic (exact) mass is 708 g/mol. The molecule has 0 bridgehead atoms. The van der Waals surface area contributed by atoms with Crippen molar-refractivity contribution >= 4 is 32.9 Å². The van der Waals surface area contributed by atoms with E-state index in [-0.39, 0.29) is 47.6 Å². The molecule has 266 valence electrons. The van der Waals surface area contributed by atoms with Gasteiger partial charge in [0.1, 0.15) is 17.2 Å². The standard InChI is InChI=1S/C38H43F3N4O4S/c1-5-36(47)45-23-37(2,3)49-34-20-28(8-11-33(34)45)44-14-12-38(13-15-44)21-25(29-9-7-26(39)19-30(29)38)18-35(46)43-27(22-50(4,42)48)16-24-6-10-31(40)32(41)17-24/h5-11,17,19-20,25,27,42H,1,12-16,18,21-23H2,2-4H3,(H,43,46)/t25-,27-,50?/m1/s1. The molecule has 0 radical (unpaired) electrons. The highest BCUT2D eigenvalue weighted by molar-refractivity contribution is 7.91. The molecular weight excluding hydrogens is 666 g/mol. The lowest BCUT2D eigenvalue weighted by atomic mass is 9.73. The van der Waals surface area contributed by atoms with Gasteiger partial charge in [-0.1, -0.05) is 18.7 Å². The fraction of sp³-hybridized carbons (Fsp3) is 0.421. The number of benzene rings is 3. The number of amides is 2. The van der Waals surface area contributed by atoms with Gasteiger partial charge in [0.25, 0.3) is 5.91 Å². The Balaban J connectivity index is 1.17. The quantitative estimate of drug-likeness (QED) is 0.244. The summed E-state index contributed by atoms with van der Waals surface area (Å²) in [6.45, 7) is 9.31. The van der Waals surface area contributed by atoms with Gasteiger partial charge >= 0.3 is 0 Å². The second kappa shape index (κ2) is 13.4. The number of nitrogens with zero attached hydrogens (tertiary/aromatic N) is 2. The van der Waals surface area contributed by atoms with E-state index in [4.69, 9.17) is 9.52 Å². The molecule has 3 aromatic carbocycles. The minimum atomic E-state index is -3.02. The second-order valence-electron chi connectivity index (χ2n) is 14.6. The van der Waals surface area contributed by atoms with Crippen molar-refractivity contribution in [2.24, 2.45) is 0 Å². The van der Waals surface area contributed by atoms with Gasteiger partial charge in [-0.2, -0.15) is 0 Å². The first kappa shape index (κ1) is 35.5. The number of hydrogen-bond donors (Lipinski definition) is 2. The van der Waals surface area contributed by atoms with E-state index in [9.17, 15) is 27.0 Å². The van der Waals surface area contributed by atoms with Crippen LogP contribution in [0.2, 0.25) is 0 Å². The van der Waals surface area contributed by atoms with Crippen LogP contribution < -0.4 is 19.9 Å². The van der Waals surface area contributed by atoms with Crippen molar-refractivity contribution in [2.45, 2.75) is 68.9 Å². The molecule has 50 heavy (non-hydrogen) atoms. The number of nitrogens with one attached hydrogen (secondary N) is 2. The van der Waals surface area contributed by atoms with Gasteiger partial charge in [0, 0.05) is 53.3 Å². The van der Waals surface area contributed by atoms with E-state index in [0.717, 1.165) is 41.8 Å². The summed E-state index contributed by atoms with van der Waals surface area (Å²) in [5.41, 5.74) is 3.03. The molecule has 1 unspecified atom stereocenters. The average molecular weight is 709 g/mol. The van der Waals surface area contributed by atoms with Crippen molar-refractivity contribution in [1.29, 1.82) is 4.78 Å². The molecule has 2 N–H and O–H groups in total. The summed E-state index contributed by atoms with van der Waals surface area (Å²) < 4.78 is 68.8. The molecule has 2 amide bonds. The molecular formula is C38H43F3N4O4S. The van der Waals surface area contributed by atoms with Gasteiger partial charge in [-0.25, -0.2) is 13.2 Å². The maximum Gasteiger partial charge on any atom is 0.250 e. The fourth-order valence-electron chi connectivity index (χ4n) is 7.99. The first-order valence-electron chi connectivity index (χ1n) is 16.8. The molecule has 12 heteroatoms. The Labute approximate surface area is 291 Å². The largest absolute Gasteiger partial charge is 0.484 e. The van der Waals surface area contributed by atoms with Crippen LogP contribution in [0, 0.1) is 22.2 Å². The predicted octanol–water partition coefficient (Wildman–Crippen LogP) is 6.61. The third kappa shape index (κ3) is 7.55. The summed E-state index contributed by atoms with van der Waals surface area (Å²) in [5.74, 6) is -2.53. The van der Waals surface area contributed by atoms with Crippen LogP contribution in [0.3, 0.4) is 0 Å². The van der Waals surface area contributed by atoms with Crippen molar-refractivity contribution in [1.82, 2.24) is 5.32 Å². The molecule has 2 heterocycles. The van der Waals surface area contributed by atoms with E-state index in [1.165, 1.54) is 24.5 Å². The lowest BCUT2D eigenvalue weighted by Crippen LogP contribution is -2.49. The molecule has 1 saturated heterocycles. The van der Waals surface area contributed by atoms with Crippen molar-refractivity contribution in [3.63, 3.8) is 0 Å². The number of carbonyl (C=O) groups excluding carboxylic acids is 2. The van der Waals surface area contributed by atoms with Gasteiger partial charge in [-0.05, 0) is 110 Å². The normalized spacial score (nSPS) is 20.6. The number of piperidine rings is 1. The number of hydrogen-bond acceptors (Lipinski definition) is 6. The molecule has 3 atom stereocenters. The van der Waals surface area contributed by atoms with Crippen LogP contribution in [-0.4, -0.2) is 59.3 Å². The average Bonchev–Trinajstić information content (AvgIpc) is 3.31. The minimum Gasteiger partial charge on any atom is -0.484 e. The van der Waals surface area contributed by atoms with Crippen molar-refractivity contribution in [3.05, 3.63) is 101 Å². The van der Waals surface area contributed by atoms with E-state index in [1.807, 2.05) is 32.0 Å². The summed E-state index contributed by atoms with van der Waals surface area (Å²) in [5, 5.41) is 2.91. The first-order valence-corrected chi connectivity index (χ1v) is 18.9. The highest BCUT2D eigenvalue weighted by Gasteiger charge is 2.46. The van der Waals surface area contributed by atoms with Gasteiger partial charge < -0.3 is 19.9 Å². The Kier molecular flexibility index (Phi) is 9.53. The Hall–Kier alpha value is -4.32. The van der Waals surface area contributed by atoms with Gasteiger partial charge in [0.05, 0.1) is 18.0 Å². The van der Waals surface area contributed by atoms with Crippen molar-refractivity contribution in [2.75, 3.05) is 41.4 Å². The molecule has 6 rings (SSSR count). The molecule has 2 aliphatic heterocycles. The molecule has 1 spiro atoms. The number of fused-ring (bicyclic) bond motifs is 3. The predicted molar refractivity (Wildman–Crippen MR) is 189 cm³/mol. The number of ether oxygens (including phenoxy) is 1. The Morgan fingerprint density at radius 1 is 1.08 bits per heavy atom.